The molecule has 3 nitrogen and oxygen atoms in total. The average molecular weight is 248 g/mol. The van der Waals surface area contributed by atoms with Crippen molar-refractivity contribution in [3.63, 3.8) is 0 Å². The van der Waals surface area contributed by atoms with Gasteiger partial charge in [0.05, 0.1) is 0 Å². The van der Waals surface area contributed by atoms with Gasteiger partial charge in [-0.3, -0.25) is 0 Å². The van der Waals surface area contributed by atoms with E-state index < -0.39 is 0 Å². The first-order chi connectivity index (χ1) is 6.33. The van der Waals surface area contributed by atoms with Gasteiger partial charge in [-0.2, -0.15) is 0 Å². The number of nitrogens with zero attached hydrogens (tertiary/aromatic N) is 2. The van der Waals surface area contributed by atoms with Gasteiger partial charge < -0.3 is 9.88 Å². The molecule has 0 aromatic carbocycles. The number of hydrogen-bond acceptors (Lipinski definition) is 2. The zero-order chi connectivity index (χ0) is 9.26. The van der Waals surface area contributed by atoms with Crippen molar-refractivity contribution in [2.45, 2.75) is 6.54 Å². The Hall–Kier alpha value is -0.770. The molecule has 0 fully saturated rings. The average Bonchev–Trinajstić information content (AvgIpc) is 2.46. The summed E-state index contributed by atoms with van der Waals surface area (Å²) in [5, 5.41) is 4.34. The van der Waals surface area contributed by atoms with Crippen LogP contribution in [0.4, 0.5) is 0 Å². The van der Waals surface area contributed by atoms with Crippen LogP contribution in [0.1, 0.15) is 5.69 Å². The SMILES string of the molecule is CNCc1cc2cccnc2n1C.Cl.Cl. The lowest BCUT2D eigenvalue weighted by atomic mass is 10.3. The molecule has 84 valence electrons. The maximum atomic E-state index is 4.32. The molecule has 2 aromatic heterocycles. The summed E-state index contributed by atoms with van der Waals surface area (Å²) in [6, 6.07) is 6.21. The molecule has 0 amide bonds. The Labute approximate surface area is 102 Å². The summed E-state index contributed by atoms with van der Waals surface area (Å²) >= 11 is 0. The predicted molar refractivity (Wildman–Crippen MR) is 68.0 cm³/mol. The number of rotatable bonds is 2. The summed E-state index contributed by atoms with van der Waals surface area (Å²) in [4.78, 5) is 4.32. The molecule has 0 radical (unpaired) electrons. The van der Waals surface area contributed by atoms with E-state index in [0.29, 0.717) is 0 Å². The Morgan fingerprint density at radius 3 is 2.73 bits per heavy atom. The highest BCUT2D eigenvalue weighted by molar-refractivity contribution is 5.85. The molecule has 0 saturated carbocycles. The van der Waals surface area contributed by atoms with Crippen molar-refractivity contribution in [2.24, 2.45) is 7.05 Å². The second-order valence-corrected chi connectivity index (χ2v) is 3.14. The number of aryl methyl sites for hydroxylation is 1. The minimum absolute atomic E-state index is 0. The molecule has 0 aliphatic rings. The molecule has 0 aliphatic heterocycles. The number of pyridine rings is 1. The van der Waals surface area contributed by atoms with Gasteiger partial charge >= 0.3 is 0 Å². The quantitative estimate of drug-likeness (QED) is 0.882. The van der Waals surface area contributed by atoms with Gasteiger partial charge in [0.25, 0.3) is 0 Å². The van der Waals surface area contributed by atoms with Crippen molar-refractivity contribution < 1.29 is 0 Å². The summed E-state index contributed by atoms with van der Waals surface area (Å²) < 4.78 is 2.12. The third kappa shape index (κ3) is 2.62. The van der Waals surface area contributed by atoms with Gasteiger partial charge in [0, 0.05) is 30.9 Å². The fourth-order valence-electron chi connectivity index (χ4n) is 1.57. The molecule has 0 unspecified atom stereocenters. The van der Waals surface area contributed by atoms with Crippen molar-refractivity contribution in [1.29, 1.82) is 0 Å². The first-order valence-electron chi connectivity index (χ1n) is 4.37. The van der Waals surface area contributed by atoms with Crippen LogP contribution in [0.2, 0.25) is 0 Å². The number of halogens is 2. The lowest BCUT2D eigenvalue weighted by Gasteiger charge is -2.01. The predicted octanol–water partition coefficient (Wildman–Crippen LogP) is 2.14. The maximum Gasteiger partial charge on any atom is 0.139 e. The third-order valence-corrected chi connectivity index (χ3v) is 2.25. The van der Waals surface area contributed by atoms with Crippen LogP contribution >= 0.6 is 24.8 Å². The molecular formula is C10H15Cl2N3. The van der Waals surface area contributed by atoms with E-state index in [1.807, 2.05) is 26.4 Å². The van der Waals surface area contributed by atoms with E-state index in [0.717, 1.165) is 12.2 Å². The summed E-state index contributed by atoms with van der Waals surface area (Å²) in [6.07, 6.45) is 1.82. The van der Waals surface area contributed by atoms with Crippen LogP contribution in [0.15, 0.2) is 24.4 Å². The van der Waals surface area contributed by atoms with Gasteiger partial charge in [0.2, 0.25) is 0 Å². The monoisotopic (exact) mass is 247 g/mol. The molecule has 0 saturated heterocycles. The smallest absolute Gasteiger partial charge is 0.139 e. The van der Waals surface area contributed by atoms with Crippen molar-refractivity contribution >= 4 is 35.8 Å². The fourth-order valence-corrected chi connectivity index (χ4v) is 1.57. The standard InChI is InChI=1S/C10H13N3.2ClH/c1-11-7-9-6-8-4-3-5-12-10(8)13(9)2;;/h3-6,11H,7H2,1-2H3;2*1H. The molecule has 1 N–H and O–H groups in total. The van der Waals surface area contributed by atoms with Crippen LogP contribution in [0.3, 0.4) is 0 Å². The first-order valence-corrected chi connectivity index (χ1v) is 4.37. The topological polar surface area (TPSA) is 29.9 Å². The number of aromatic nitrogens is 2. The molecular weight excluding hydrogens is 233 g/mol. The summed E-state index contributed by atoms with van der Waals surface area (Å²) in [7, 11) is 3.99. The minimum Gasteiger partial charge on any atom is -0.331 e. The van der Waals surface area contributed by atoms with E-state index >= 15 is 0 Å². The summed E-state index contributed by atoms with van der Waals surface area (Å²) in [6.45, 7) is 0.882. The van der Waals surface area contributed by atoms with E-state index in [9.17, 15) is 0 Å². The van der Waals surface area contributed by atoms with Crippen LogP contribution in [0, 0.1) is 0 Å². The molecule has 2 heterocycles. The molecule has 15 heavy (non-hydrogen) atoms. The zero-order valence-corrected chi connectivity index (χ0v) is 10.4. The van der Waals surface area contributed by atoms with Crippen molar-refractivity contribution in [2.75, 3.05) is 7.05 Å². The van der Waals surface area contributed by atoms with Gasteiger partial charge in [-0.25, -0.2) is 4.98 Å². The molecule has 2 aromatic rings. The Morgan fingerprint density at radius 2 is 2.13 bits per heavy atom. The normalized spacial score (nSPS) is 9.47. The van der Waals surface area contributed by atoms with E-state index in [-0.39, 0.29) is 24.8 Å². The Bertz CT molecular complexity index is 426. The van der Waals surface area contributed by atoms with E-state index in [1.165, 1.54) is 11.1 Å². The molecule has 2 rings (SSSR count). The molecule has 0 atom stereocenters. The second kappa shape index (κ2) is 5.95. The molecule has 5 heteroatoms. The highest BCUT2D eigenvalue weighted by atomic mass is 35.5. The lowest BCUT2D eigenvalue weighted by Crippen LogP contribution is -2.08. The molecule has 0 spiro atoms. The van der Waals surface area contributed by atoms with E-state index in [2.05, 4.69) is 27.0 Å². The van der Waals surface area contributed by atoms with Gasteiger partial charge in [-0.05, 0) is 25.2 Å². The number of fused-ring (bicyclic) bond motifs is 1. The van der Waals surface area contributed by atoms with Crippen LogP contribution in [0.5, 0.6) is 0 Å². The Morgan fingerprint density at radius 1 is 1.40 bits per heavy atom. The highest BCUT2D eigenvalue weighted by Crippen LogP contribution is 2.15. The fraction of sp³-hybridized carbons (Fsp3) is 0.300. The molecule has 0 aliphatic carbocycles. The number of nitrogens with one attached hydrogen (secondary N) is 1. The molecule has 0 bridgehead atoms. The van der Waals surface area contributed by atoms with Crippen LogP contribution in [-0.4, -0.2) is 16.6 Å². The van der Waals surface area contributed by atoms with Gasteiger partial charge in [-0.15, -0.1) is 24.8 Å². The van der Waals surface area contributed by atoms with Gasteiger partial charge in [0.15, 0.2) is 0 Å². The Balaban J connectivity index is 0.000000980. The van der Waals surface area contributed by atoms with E-state index in [4.69, 9.17) is 0 Å². The minimum atomic E-state index is 0. The van der Waals surface area contributed by atoms with Crippen molar-refractivity contribution in [3.05, 3.63) is 30.1 Å². The summed E-state index contributed by atoms with van der Waals surface area (Å²) in [5.74, 6) is 0. The lowest BCUT2D eigenvalue weighted by molar-refractivity contribution is 0.742. The first kappa shape index (κ1) is 14.2. The third-order valence-electron chi connectivity index (χ3n) is 2.25. The summed E-state index contributed by atoms with van der Waals surface area (Å²) in [5.41, 5.74) is 2.31. The van der Waals surface area contributed by atoms with E-state index in [1.54, 1.807) is 0 Å². The highest BCUT2D eigenvalue weighted by Gasteiger charge is 2.03. The van der Waals surface area contributed by atoms with Crippen LogP contribution < -0.4 is 5.32 Å². The Kier molecular flexibility index (Phi) is 5.65. The number of hydrogen-bond donors (Lipinski definition) is 1. The maximum absolute atomic E-state index is 4.32. The van der Waals surface area contributed by atoms with Crippen molar-refractivity contribution in [3.8, 4) is 0 Å². The van der Waals surface area contributed by atoms with Crippen LogP contribution in [-0.2, 0) is 13.6 Å². The zero-order valence-electron chi connectivity index (χ0n) is 8.73. The largest absolute Gasteiger partial charge is 0.331 e. The second-order valence-electron chi connectivity index (χ2n) is 3.14. The van der Waals surface area contributed by atoms with Crippen molar-refractivity contribution in [1.82, 2.24) is 14.9 Å². The van der Waals surface area contributed by atoms with Gasteiger partial charge in [-0.1, -0.05) is 0 Å². The van der Waals surface area contributed by atoms with Crippen LogP contribution in [0.25, 0.3) is 11.0 Å². The van der Waals surface area contributed by atoms with Gasteiger partial charge in [0.1, 0.15) is 5.65 Å².